The topological polar surface area (TPSA) is 70.1 Å². The van der Waals surface area contributed by atoms with Gasteiger partial charge in [0.2, 0.25) is 0 Å². The summed E-state index contributed by atoms with van der Waals surface area (Å²) in [6.07, 6.45) is 2.17. The molecular weight excluding hydrogens is 272 g/mol. The van der Waals surface area contributed by atoms with Crippen LogP contribution in [-0.2, 0) is 9.53 Å². The lowest BCUT2D eigenvalue weighted by molar-refractivity contribution is -0.152. The molecular formula is C15H26N2O4. The molecule has 0 bridgehead atoms. The maximum Gasteiger partial charge on any atom is 0.329 e. The lowest BCUT2D eigenvalue weighted by atomic mass is 9.88. The fourth-order valence-electron chi connectivity index (χ4n) is 3.42. The van der Waals surface area contributed by atoms with E-state index >= 15 is 0 Å². The molecule has 2 aliphatic rings. The van der Waals surface area contributed by atoms with Crippen LogP contribution in [0.15, 0.2) is 0 Å². The number of hydrogen-bond donors (Lipinski definition) is 1. The number of ether oxygens (including phenoxy) is 1. The predicted molar refractivity (Wildman–Crippen MR) is 78.2 cm³/mol. The average Bonchev–Trinajstić information content (AvgIpc) is 2.36. The van der Waals surface area contributed by atoms with Crippen molar-refractivity contribution >= 4 is 12.0 Å². The molecule has 0 radical (unpaired) electrons. The van der Waals surface area contributed by atoms with Crippen molar-refractivity contribution in [3.05, 3.63) is 0 Å². The van der Waals surface area contributed by atoms with E-state index in [4.69, 9.17) is 4.74 Å². The van der Waals surface area contributed by atoms with Crippen LogP contribution in [0.4, 0.5) is 4.79 Å². The van der Waals surface area contributed by atoms with Gasteiger partial charge in [0.05, 0.1) is 18.2 Å². The Labute approximate surface area is 126 Å². The van der Waals surface area contributed by atoms with Gasteiger partial charge in [-0.15, -0.1) is 0 Å². The first-order valence-corrected chi connectivity index (χ1v) is 7.63. The Morgan fingerprint density at radius 1 is 1.24 bits per heavy atom. The van der Waals surface area contributed by atoms with Gasteiger partial charge in [-0.25, -0.2) is 9.59 Å². The Kier molecular flexibility index (Phi) is 4.19. The number of morpholine rings is 1. The highest BCUT2D eigenvalue weighted by Gasteiger charge is 2.46. The van der Waals surface area contributed by atoms with Gasteiger partial charge in [0.25, 0.3) is 0 Å². The molecule has 2 saturated heterocycles. The monoisotopic (exact) mass is 298 g/mol. The van der Waals surface area contributed by atoms with Crippen molar-refractivity contribution in [1.29, 1.82) is 0 Å². The van der Waals surface area contributed by atoms with Crippen LogP contribution in [0.3, 0.4) is 0 Å². The minimum absolute atomic E-state index is 0.0430. The standard InChI is InChI=1S/C15H26N2O4/c1-11-9-16(10-14(2,3)21-11)13(20)17-8-6-5-7-15(17,4)12(18)19/h11H,5-10H2,1-4H3,(H,18,19). The molecule has 2 aliphatic heterocycles. The number of carbonyl (C=O) groups excluding carboxylic acids is 1. The second-order valence-electron chi connectivity index (χ2n) is 7.04. The Morgan fingerprint density at radius 2 is 1.90 bits per heavy atom. The molecule has 0 aromatic carbocycles. The van der Waals surface area contributed by atoms with Gasteiger partial charge >= 0.3 is 12.0 Å². The first-order chi connectivity index (χ1) is 9.66. The summed E-state index contributed by atoms with van der Waals surface area (Å²) in [5.74, 6) is -0.920. The second-order valence-corrected chi connectivity index (χ2v) is 7.04. The molecule has 2 atom stereocenters. The first-order valence-electron chi connectivity index (χ1n) is 7.63. The quantitative estimate of drug-likeness (QED) is 0.803. The summed E-state index contributed by atoms with van der Waals surface area (Å²) in [6, 6.07) is -0.178. The molecule has 0 aromatic rings. The van der Waals surface area contributed by atoms with Crippen LogP contribution in [0.25, 0.3) is 0 Å². The molecule has 21 heavy (non-hydrogen) atoms. The van der Waals surface area contributed by atoms with Gasteiger partial charge < -0.3 is 19.6 Å². The Hall–Kier alpha value is -1.30. The van der Waals surface area contributed by atoms with E-state index in [2.05, 4.69) is 0 Å². The number of carboxylic acids is 1. The van der Waals surface area contributed by atoms with E-state index in [0.29, 0.717) is 26.1 Å². The number of amides is 2. The van der Waals surface area contributed by atoms with Crippen LogP contribution in [0.2, 0.25) is 0 Å². The lowest BCUT2D eigenvalue weighted by Crippen LogP contribution is -2.64. The highest BCUT2D eigenvalue weighted by atomic mass is 16.5. The Bertz CT molecular complexity index is 437. The van der Waals surface area contributed by atoms with E-state index in [0.717, 1.165) is 12.8 Å². The number of carboxylic acid groups (broad SMARTS) is 1. The van der Waals surface area contributed by atoms with Gasteiger partial charge in [0.15, 0.2) is 0 Å². The summed E-state index contributed by atoms with van der Waals surface area (Å²) in [7, 11) is 0. The number of nitrogens with zero attached hydrogens (tertiary/aromatic N) is 2. The summed E-state index contributed by atoms with van der Waals surface area (Å²) in [4.78, 5) is 27.7. The minimum atomic E-state index is -1.10. The normalized spacial score (nSPS) is 32.9. The largest absolute Gasteiger partial charge is 0.480 e. The van der Waals surface area contributed by atoms with Crippen molar-refractivity contribution in [3.8, 4) is 0 Å². The molecule has 2 heterocycles. The zero-order valence-corrected chi connectivity index (χ0v) is 13.4. The summed E-state index contributed by atoms with van der Waals surface area (Å²) in [6.45, 7) is 9.00. The van der Waals surface area contributed by atoms with Crippen molar-refractivity contribution in [3.63, 3.8) is 0 Å². The molecule has 6 nitrogen and oxygen atoms in total. The van der Waals surface area contributed by atoms with Gasteiger partial charge in [-0.3, -0.25) is 0 Å². The molecule has 2 rings (SSSR count). The van der Waals surface area contributed by atoms with Crippen molar-refractivity contribution in [2.24, 2.45) is 0 Å². The van der Waals surface area contributed by atoms with Crippen molar-refractivity contribution in [2.75, 3.05) is 19.6 Å². The third kappa shape index (κ3) is 3.15. The average molecular weight is 298 g/mol. The maximum absolute atomic E-state index is 12.8. The molecule has 6 heteroatoms. The van der Waals surface area contributed by atoms with Crippen LogP contribution >= 0.6 is 0 Å². The van der Waals surface area contributed by atoms with Gasteiger partial charge in [0.1, 0.15) is 5.54 Å². The number of urea groups is 1. The number of piperidine rings is 1. The van der Waals surface area contributed by atoms with E-state index in [9.17, 15) is 14.7 Å². The molecule has 0 aliphatic carbocycles. The molecule has 0 saturated carbocycles. The summed E-state index contributed by atoms with van der Waals surface area (Å²) < 4.78 is 5.81. The van der Waals surface area contributed by atoms with Crippen molar-refractivity contribution in [1.82, 2.24) is 9.80 Å². The summed E-state index contributed by atoms with van der Waals surface area (Å²) >= 11 is 0. The maximum atomic E-state index is 12.8. The molecule has 1 N–H and O–H groups in total. The van der Waals surface area contributed by atoms with E-state index in [1.165, 1.54) is 4.90 Å². The van der Waals surface area contributed by atoms with Crippen LogP contribution in [-0.4, -0.2) is 63.8 Å². The lowest BCUT2D eigenvalue weighted by Gasteiger charge is -2.47. The molecule has 2 unspecified atom stereocenters. The number of likely N-dealkylation sites (tertiary alicyclic amines) is 1. The fraction of sp³-hybridized carbons (Fsp3) is 0.867. The Balaban J connectivity index is 2.19. The van der Waals surface area contributed by atoms with Crippen molar-refractivity contribution in [2.45, 2.75) is 64.2 Å². The van der Waals surface area contributed by atoms with E-state index in [1.54, 1.807) is 11.8 Å². The summed E-state index contributed by atoms with van der Waals surface area (Å²) in [5.41, 5.74) is -1.50. The number of hydrogen-bond acceptors (Lipinski definition) is 3. The third-order valence-electron chi connectivity index (χ3n) is 4.42. The number of carbonyl (C=O) groups is 2. The zero-order chi connectivity index (χ0) is 15.8. The SMILES string of the molecule is CC1CN(C(=O)N2CCCCC2(C)C(=O)O)CC(C)(C)O1. The number of rotatable bonds is 1. The highest BCUT2D eigenvalue weighted by molar-refractivity contribution is 5.86. The van der Waals surface area contributed by atoms with Gasteiger partial charge in [-0.1, -0.05) is 0 Å². The molecule has 0 spiro atoms. The van der Waals surface area contributed by atoms with Gasteiger partial charge in [0, 0.05) is 13.1 Å². The van der Waals surface area contributed by atoms with Crippen molar-refractivity contribution < 1.29 is 19.4 Å². The molecule has 2 amide bonds. The van der Waals surface area contributed by atoms with Crippen LogP contribution in [0.1, 0.15) is 47.0 Å². The second kappa shape index (κ2) is 5.48. The number of aliphatic carboxylic acids is 1. The van der Waals surface area contributed by atoms with Gasteiger partial charge in [-0.2, -0.15) is 0 Å². The smallest absolute Gasteiger partial charge is 0.329 e. The van der Waals surface area contributed by atoms with Crippen LogP contribution in [0, 0.1) is 0 Å². The van der Waals surface area contributed by atoms with E-state index in [-0.39, 0.29) is 12.1 Å². The Morgan fingerprint density at radius 3 is 2.48 bits per heavy atom. The van der Waals surface area contributed by atoms with E-state index in [1.807, 2.05) is 20.8 Å². The molecule has 120 valence electrons. The first kappa shape index (κ1) is 16.1. The molecule has 2 fully saturated rings. The fourth-order valence-corrected chi connectivity index (χ4v) is 3.42. The van der Waals surface area contributed by atoms with Gasteiger partial charge in [-0.05, 0) is 47.0 Å². The van der Waals surface area contributed by atoms with E-state index < -0.39 is 17.1 Å². The minimum Gasteiger partial charge on any atom is -0.480 e. The van der Waals surface area contributed by atoms with Crippen LogP contribution in [0.5, 0.6) is 0 Å². The van der Waals surface area contributed by atoms with Crippen LogP contribution < -0.4 is 0 Å². The summed E-state index contributed by atoms with van der Waals surface area (Å²) in [5, 5.41) is 9.53. The third-order valence-corrected chi connectivity index (χ3v) is 4.42. The predicted octanol–water partition coefficient (Wildman–Crippen LogP) is 1.93. The molecule has 0 aromatic heterocycles. The zero-order valence-electron chi connectivity index (χ0n) is 13.4. The highest BCUT2D eigenvalue weighted by Crippen LogP contribution is 2.31.